The first-order valence-corrected chi connectivity index (χ1v) is 6.48. The van der Waals surface area contributed by atoms with Crippen LogP contribution in [0.5, 0.6) is 0 Å². The maximum absolute atomic E-state index is 4.61. The second-order valence-corrected chi connectivity index (χ2v) is 4.20. The Labute approximate surface area is 99.4 Å². The number of rotatable bonds is 8. The zero-order chi connectivity index (χ0) is 11.8. The van der Waals surface area contributed by atoms with Gasteiger partial charge in [0.05, 0.1) is 5.69 Å². The van der Waals surface area contributed by atoms with Crippen LogP contribution in [0.25, 0.3) is 0 Å². The van der Waals surface area contributed by atoms with Crippen LogP contribution in [0, 0.1) is 0 Å². The van der Waals surface area contributed by atoms with Crippen LogP contribution in [0.1, 0.15) is 50.9 Å². The summed E-state index contributed by atoms with van der Waals surface area (Å²) in [4.78, 5) is 0. The maximum Gasteiger partial charge on any atom is 0.0624 e. The van der Waals surface area contributed by atoms with Crippen LogP contribution in [0.2, 0.25) is 0 Å². The van der Waals surface area contributed by atoms with Gasteiger partial charge in [-0.2, -0.15) is 5.10 Å². The molecule has 0 atom stereocenters. The molecule has 1 heterocycles. The Morgan fingerprint density at radius 2 is 2.06 bits per heavy atom. The van der Waals surface area contributed by atoms with Gasteiger partial charge in [-0.15, -0.1) is 6.58 Å². The van der Waals surface area contributed by atoms with Crippen LogP contribution in [0.15, 0.2) is 18.7 Å². The number of nitrogens with zero attached hydrogens (tertiary/aromatic N) is 2. The van der Waals surface area contributed by atoms with Crippen LogP contribution < -0.4 is 0 Å². The van der Waals surface area contributed by atoms with E-state index in [2.05, 4.69) is 36.3 Å². The molecule has 0 fully saturated rings. The number of unbranched alkanes of at least 4 members (excludes halogenated alkanes) is 3. The zero-order valence-electron chi connectivity index (χ0n) is 10.7. The van der Waals surface area contributed by atoms with Gasteiger partial charge < -0.3 is 0 Å². The van der Waals surface area contributed by atoms with Gasteiger partial charge in [-0.1, -0.05) is 26.3 Å². The van der Waals surface area contributed by atoms with E-state index >= 15 is 0 Å². The van der Waals surface area contributed by atoms with Crippen LogP contribution in [-0.2, 0) is 19.4 Å². The van der Waals surface area contributed by atoms with Crippen molar-refractivity contribution in [2.45, 2.75) is 58.9 Å². The first kappa shape index (κ1) is 13.0. The first-order chi connectivity index (χ1) is 7.81. The average molecular weight is 220 g/mol. The fourth-order valence-corrected chi connectivity index (χ4v) is 1.89. The average Bonchev–Trinajstić information content (AvgIpc) is 2.71. The Kier molecular flexibility index (Phi) is 5.91. The largest absolute Gasteiger partial charge is 0.269 e. The lowest BCUT2D eigenvalue weighted by molar-refractivity contribution is 0.526. The van der Waals surface area contributed by atoms with E-state index in [0.717, 1.165) is 25.8 Å². The molecule has 0 aliphatic rings. The van der Waals surface area contributed by atoms with Crippen molar-refractivity contribution in [1.29, 1.82) is 0 Å². The summed E-state index contributed by atoms with van der Waals surface area (Å²) in [7, 11) is 0. The normalized spacial score (nSPS) is 10.6. The van der Waals surface area contributed by atoms with Crippen molar-refractivity contribution in [2.24, 2.45) is 0 Å². The molecule has 2 nitrogen and oxygen atoms in total. The van der Waals surface area contributed by atoms with E-state index in [0.29, 0.717) is 0 Å². The fraction of sp³-hybridized carbons (Fsp3) is 0.643. The van der Waals surface area contributed by atoms with Crippen LogP contribution in [-0.4, -0.2) is 9.78 Å². The van der Waals surface area contributed by atoms with Gasteiger partial charge >= 0.3 is 0 Å². The van der Waals surface area contributed by atoms with Crippen molar-refractivity contribution in [3.05, 3.63) is 30.1 Å². The first-order valence-electron chi connectivity index (χ1n) is 6.48. The summed E-state index contributed by atoms with van der Waals surface area (Å²) in [5, 5.41) is 4.61. The molecule has 0 aromatic carbocycles. The molecule has 0 unspecified atom stereocenters. The Hall–Kier alpha value is -1.05. The number of hydrogen-bond donors (Lipinski definition) is 0. The summed E-state index contributed by atoms with van der Waals surface area (Å²) < 4.78 is 2.19. The lowest BCUT2D eigenvalue weighted by Crippen LogP contribution is -2.04. The predicted octanol–water partition coefficient (Wildman–Crippen LogP) is 3.75. The minimum atomic E-state index is 1.04. The third-order valence-electron chi connectivity index (χ3n) is 2.92. The Bertz CT molecular complexity index is 313. The second-order valence-electron chi connectivity index (χ2n) is 4.20. The summed E-state index contributed by atoms with van der Waals surface area (Å²) in [6, 6.07) is 2.24. The molecule has 1 rings (SSSR count). The summed E-state index contributed by atoms with van der Waals surface area (Å²) in [6.07, 6.45) is 9.02. The van der Waals surface area contributed by atoms with Gasteiger partial charge in [0.25, 0.3) is 0 Å². The third-order valence-corrected chi connectivity index (χ3v) is 2.92. The number of aryl methyl sites for hydroxylation is 3. The van der Waals surface area contributed by atoms with Crippen molar-refractivity contribution in [2.75, 3.05) is 0 Å². The lowest BCUT2D eigenvalue weighted by Gasteiger charge is -2.05. The topological polar surface area (TPSA) is 17.8 Å². The summed E-state index contributed by atoms with van der Waals surface area (Å²) in [5.74, 6) is 0. The highest BCUT2D eigenvalue weighted by Crippen LogP contribution is 2.09. The van der Waals surface area contributed by atoms with E-state index in [4.69, 9.17) is 0 Å². The molecule has 0 radical (unpaired) electrons. The monoisotopic (exact) mass is 220 g/mol. The Balaban J connectivity index is 2.39. The van der Waals surface area contributed by atoms with Crippen LogP contribution >= 0.6 is 0 Å². The standard InChI is InChI=1S/C14H24N2/c1-4-7-8-9-10-11-16-14(6-3)12-13(5-2)15-16/h4,12H,1,5-11H2,2-3H3. The van der Waals surface area contributed by atoms with Gasteiger partial charge in [-0.05, 0) is 38.2 Å². The summed E-state index contributed by atoms with van der Waals surface area (Å²) in [5.41, 5.74) is 2.60. The number of aromatic nitrogens is 2. The van der Waals surface area contributed by atoms with Crippen molar-refractivity contribution in [1.82, 2.24) is 9.78 Å². The van der Waals surface area contributed by atoms with Gasteiger partial charge in [-0.25, -0.2) is 0 Å². The van der Waals surface area contributed by atoms with Gasteiger partial charge in [0, 0.05) is 12.2 Å². The highest BCUT2D eigenvalue weighted by atomic mass is 15.3. The molecule has 0 aliphatic carbocycles. The quantitative estimate of drug-likeness (QED) is 0.482. The van der Waals surface area contributed by atoms with Gasteiger partial charge in [0.2, 0.25) is 0 Å². The van der Waals surface area contributed by atoms with Crippen LogP contribution in [0.3, 0.4) is 0 Å². The predicted molar refractivity (Wildman–Crippen MR) is 69.6 cm³/mol. The molecule has 0 saturated heterocycles. The zero-order valence-corrected chi connectivity index (χ0v) is 10.7. The maximum atomic E-state index is 4.61. The number of hydrogen-bond acceptors (Lipinski definition) is 1. The summed E-state index contributed by atoms with van der Waals surface area (Å²) in [6.45, 7) is 9.17. The molecule has 0 spiro atoms. The Morgan fingerprint density at radius 3 is 2.69 bits per heavy atom. The molecule has 16 heavy (non-hydrogen) atoms. The highest BCUT2D eigenvalue weighted by molar-refractivity contribution is 5.10. The van der Waals surface area contributed by atoms with Gasteiger partial charge in [0.1, 0.15) is 0 Å². The summed E-state index contributed by atoms with van der Waals surface area (Å²) >= 11 is 0. The lowest BCUT2D eigenvalue weighted by atomic mass is 10.2. The van der Waals surface area contributed by atoms with Gasteiger partial charge in [0.15, 0.2) is 0 Å². The molecule has 0 aliphatic heterocycles. The fourth-order valence-electron chi connectivity index (χ4n) is 1.89. The minimum absolute atomic E-state index is 1.04. The number of allylic oxidation sites excluding steroid dienone is 1. The molecule has 0 saturated carbocycles. The van der Waals surface area contributed by atoms with Crippen molar-refractivity contribution in [3.8, 4) is 0 Å². The molecule has 1 aromatic rings. The second kappa shape index (κ2) is 7.26. The van der Waals surface area contributed by atoms with Gasteiger partial charge in [-0.3, -0.25) is 4.68 Å². The van der Waals surface area contributed by atoms with E-state index in [-0.39, 0.29) is 0 Å². The van der Waals surface area contributed by atoms with E-state index in [1.807, 2.05) is 6.08 Å². The molecule has 0 amide bonds. The molecule has 2 heteroatoms. The van der Waals surface area contributed by atoms with E-state index in [1.54, 1.807) is 0 Å². The molecule has 90 valence electrons. The van der Waals surface area contributed by atoms with Crippen molar-refractivity contribution >= 4 is 0 Å². The molecule has 1 aromatic heterocycles. The molecule has 0 N–H and O–H groups in total. The smallest absolute Gasteiger partial charge is 0.0624 e. The third kappa shape index (κ3) is 3.84. The van der Waals surface area contributed by atoms with E-state index < -0.39 is 0 Å². The van der Waals surface area contributed by atoms with E-state index in [1.165, 1.54) is 30.7 Å². The molecular formula is C14H24N2. The molecule has 0 bridgehead atoms. The highest BCUT2D eigenvalue weighted by Gasteiger charge is 2.04. The van der Waals surface area contributed by atoms with Crippen molar-refractivity contribution < 1.29 is 0 Å². The minimum Gasteiger partial charge on any atom is -0.269 e. The van der Waals surface area contributed by atoms with Crippen molar-refractivity contribution in [3.63, 3.8) is 0 Å². The Morgan fingerprint density at radius 1 is 1.25 bits per heavy atom. The molecular weight excluding hydrogens is 196 g/mol. The SMILES string of the molecule is C=CCCCCCn1nc(CC)cc1CC. The van der Waals surface area contributed by atoms with Crippen LogP contribution in [0.4, 0.5) is 0 Å². The van der Waals surface area contributed by atoms with E-state index in [9.17, 15) is 0 Å².